The third kappa shape index (κ3) is 3.07. The van der Waals surface area contributed by atoms with Crippen molar-refractivity contribution in [1.82, 2.24) is 5.32 Å². The Kier molecular flexibility index (Phi) is 3.79. The Morgan fingerprint density at radius 3 is 2.33 bits per heavy atom. The minimum atomic E-state index is 0.458. The molecule has 1 N–H and O–H groups in total. The Morgan fingerprint density at radius 2 is 1.67 bits per heavy atom. The van der Waals surface area contributed by atoms with Gasteiger partial charge < -0.3 is 5.32 Å². The molecule has 1 aliphatic rings. The third-order valence-electron chi connectivity index (χ3n) is 3.18. The topological polar surface area (TPSA) is 12.0 Å². The molecule has 0 unspecified atom stereocenters. The molecule has 15 heavy (non-hydrogen) atoms. The number of benzene rings is 1. The van der Waals surface area contributed by atoms with Crippen molar-refractivity contribution in [3.8, 4) is 0 Å². The molecule has 1 saturated carbocycles. The van der Waals surface area contributed by atoms with Crippen molar-refractivity contribution >= 4 is 0 Å². The zero-order chi connectivity index (χ0) is 10.5. The number of hydrogen-bond donors (Lipinski definition) is 1. The van der Waals surface area contributed by atoms with Crippen LogP contribution in [-0.4, -0.2) is 0 Å². The van der Waals surface area contributed by atoms with Crippen molar-refractivity contribution in [2.24, 2.45) is 0 Å². The van der Waals surface area contributed by atoms with Crippen LogP contribution >= 0.6 is 0 Å². The van der Waals surface area contributed by atoms with Crippen LogP contribution in [0.25, 0.3) is 0 Å². The van der Waals surface area contributed by atoms with Crippen LogP contribution in [0.15, 0.2) is 30.3 Å². The first kappa shape index (κ1) is 10.7. The third-order valence-corrected chi connectivity index (χ3v) is 3.18. The molecule has 1 atom stereocenters. The molecule has 1 aromatic carbocycles. The van der Waals surface area contributed by atoms with Crippen LogP contribution in [0, 0.1) is 6.04 Å². The average Bonchev–Trinajstić information content (AvgIpc) is 2.31. The summed E-state index contributed by atoms with van der Waals surface area (Å²) >= 11 is 0. The molecule has 0 bridgehead atoms. The van der Waals surface area contributed by atoms with Gasteiger partial charge in [0.25, 0.3) is 0 Å². The van der Waals surface area contributed by atoms with E-state index >= 15 is 0 Å². The summed E-state index contributed by atoms with van der Waals surface area (Å²) in [7, 11) is 0. The van der Waals surface area contributed by atoms with Crippen LogP contribution in [0.1, 0.15) is 50.6 Å². The maximum atomic E-state index is 3.65. The van der Waals surface area contributed by atoms with Gasteiger partial charge in [0.15, 0.2) is 0 Å². The fraction of sp³-hybridized carbons (Fsp3) is 0.500. The van der Waals surface area contributed by atoms with Crippen LogP contribution in [0.3, 0.4) is 0 Å². The summed E-state index contributed by atoms with van der Waals surface area (Å²) in [4.78, 5) is 0. The molecule has 0 amide bonds. The molecular weight excluding hydrogens is 182 g/mol. The van der Waals surface area contributed by atoms with Gasteiger partial charge in [-0.1, -0.05) is 49.6 Å². The minimum Gasteiger partial charge on any atom is -0.303 e. The van der Waals surface area contributed by atoms with Crippen molar-refractivity contribution in [1.29, 1.82) is 0 Å². The van der Waals surface area contributed by atoms with Crippen LogP contribution < -0.4 is 5.32 Å². The lowest BCUT2D eigenvalue weighted by Gasteiger charge is -2.26. The van der Waals surface area contributed by atoms with E-state index in [2.05, 4.69) is 42.6 Å². The van der Waals surface area contributed by atoms with Crippen LogP contribution in [0.2, 0.25) is 0 Å². The minimum absolute atomic E-state index is 0.458. The van der Waals surface area contributed by atoms with Crippen molar-refractivity contribution < 1.29 is 0 Å². The fourth-order valence-corrected chi connectivity index (χ4v) is 2.25. The summed E-state index contributed by atoms with van der Waals surface area (Å²) in [6.45, 7) is 2.25. The number of hydrogen-bond acceptors (Lipinski definition) is 1. The molecule has 81 valence electrons. The first-order valence-electron chi connectivity index (χ1n) is 6.02. The lowest BCUT2D eigenvalue weighted by atomic mass is 9.94. The molecule has 1 aliphatic carbocycles. The van der Waals surface area contributed by atoms with E-state index in [4.69, 9.17) is 0 Å². The van der Waals surface area contributed by atoms with E-state index in [1.165, 1.54) is 37.7 Å². The van der Waals surface area contributed by atoms with Gasteiger partial charge in [0, 0.05) is 12.1 Å². The summed E-state index contributed by atoms with van der Waals surface area (Å²) in [5.74, 6) is 0. The van der Waals surface area contributed by atoms with E-state index in [0.717, 1.165) is 0 Å². The summed E-state index contributed by atoms with van der Waals surface area (Å²) in [6, 6.07) is 12.7. The smallest absolute Gasteiger partial charge is 0.0369 e. The molecule has 0 aromatic heterocycles. The summed E-state index contributed by atoms with van der Waals surface area (Å²) in [6.07, 6.45) is 6.69. The summed E-state index contributed by atoms with van der Waals surface area (Å²) < 4.78 is 0. The second kappa shape index (κ2) is 5.32. The quantitative estimate of drug-likeness (QED) is 0.785. The largest absolute Gasteiger partial charge is 0.303 e. The Hall–Kier alpha value is -0.820. The predicted molar refractivity (Wildman–Crippen MR) is 64.3 cm³/mol. The molecule has 2 rings (SSSR count). The number of rotatable bonds is 3. The first-order chi connectivity index (χ1) is 7.36. The van der Waals surface area contributed by atoms with Gasteiger partial charge in [-0.15, -0.1) is 0 Å². The summed E-state index contributed by atoms with van der Waals surface area (Å²) in [5, 5.41) is 3.65. The standard InChI is InChI=1S/C14H20N/c1-12(13-8-4-2-5-9-13)15-14-10-6-3-7-11-14/h2,4-5,8-9,12,15H,3,6-7,10-11H2,1H3/t12-/m0/s1. The van der Waals surface area contributed by atoms with Crippen molar-refractivity contribution in [3.05, 3.63) is 41.9 Å². The maximum absolute atomic E-state index is 3.65. The molecule has 0 aliphatic heterocycles. The highest BCUT2D eigenvalue weighted by Crippen LogP contribution is 2.26. The van der Waals surface area contributed by atoms with Gasteiger partial charge in [0.05, 0.1) is 0 Å². The van der Waals surface area contributed by atoms with E-state index in [0.29, 0.717) is 6.04 Å². The normalized spacial score (nSPS) is 20.1. The maximum Gasteiger partial charge on any atom is 0.0369 e. The van der Waals surface area contributed by atoms with Gasteiger partial charge in [-0.2, -0.15) is 0 Å². The second-order valence-electron chi connectivity index (χ2n) is 4.44. The van der Waals surface area contributed by atoms with Crippen LogP contribution in [-0.2, 0) is 0 Å². The molecule has 1 nitrogen and oxygen atoms in total. The average molecular weight is 202 g/mol. The van der Waals surface area contributed by atoms with E-state index in [1.807, 2.05) is 0 Å². The second-order valence-corrected chi connectivity index (χ2v) is 4.44. The molecule has 1 fully saturated rings. The zero-order valence-corrected chi connectivity index (χ0v) is 9.50. The molecule has 1 radical (unpaired) electrons. The highest BCUT2D eigenvalue weighted by atomic mass is 14.9. The highest BCUT2D eigenvalue weighted by molar-refractivity contribution is 5.19. The van der Waals surface area contributed by atoms with Gasteiger partial charge in [-0.3, -0.25) is 0 Å². The lowest BCUT2D eigenvalue weighted by molar-refractivity contribution is 0.442. The molecule has 0 heterocycles. The Bertz CT molecular complexity index is 275. The van der Waals surface area contributed by atoms with Gasteiger partial charge in [0.1, 0.15) is 0 Å². The van der Waals surface area contributed by atoms with E-state index in [9.17, 15) is 0 Å². The lowest BCUT2D eigenvalue weighted by Crippen LogP contribution is -2.26. The predicted octanol–water partition coefficient (Wildman–Crippen LogP) is 3.83. The van der Waals surface area contributed by atoms with Crippen molar-refractivity contribution in [2.45, 2.75) is 45.1 Å². The Labute approximate surface area is 92.9 Å². The zero-order valence-electron chi connectivity index (χ0n) is 9.50. The Balaban J connectivity index is 1.88. The van der Waals surface area contributed by atoms with Crippen LogP contribution in [0.5, 0.6) is 0 Å². The Morgan fingerprint density at radius 1 is 1.00 bits per heavy atom. The van der Waals surface area contributed by atoms with Gasteiger partial charge in [-0.05, 0) is 25.3 Å². The number of nitrogens with one attached hydrogen (secondary N) is 1. The van der Waals surface area contributed by atoms with Gasteiger partial charge in [-0.25, -0.2) is 0 Å². The summed E-state index contributed by atoms with van der Waals surface area (Å²) in [5.41, 5.74) is 1.38. The van der Waals surface area contributed by atoms with Gasteiger partial charge in [0.2, 0.25) is 0 Å². The SMILES string of the molecule is C[C@H](N[C]1CCCCC1)c1ccccc1. The first-order valence-corrected chi connectivity index (χ1v) is 6.02. The van der Waals surface area contributed by atoms with E-state index < -0.39 is 0 Å². The highest BCUT2D eigenvalue weighted by Gasteiger charge is 2.16. The molecule has 1 aromatic rings. The van der Waals surface area contributed by atoms with Crippen LogP contribution in [0.4, 0.5) is 0 Å². The monoisotopic (exact) mass is 202 g/mol. The van der Waals surface area contributed by atoms with Gasteiger partial charge >= 0.3 is 0 Å². The van der Waals surface area contributed by atoms with Crippen molar-refractivity contribution in [2.75, 3.05) is 0 Å². The molecule has 0 saturated heterocycles. The van der Waals surface area contributed by atoms with E-state index in [-0.39, 0.29) is 0 Å². The molecule has 0 spiro atoms. The van der Waals surface area contributed by atoms with Crippen molar-refractivity contribution in [3.63, 3.8) is 0 Å². The fourth-order valence-electron chi connectivity index (χ4n) is 2.25. The molecular formula is C14H20N. The van der Waals surface area contributed by atoms with E-state index in [1.54, 1.807) is 6.04 Å². The molecule has 1 heteroatoms.